The van der Waals surface area contributed by atoms with Crippen LogP contribution in [0.1, 0.15) is 79.6 Å². The number of Topliss-reactive ketones (excluding diaryl/α,β-unsaturated/α-hetero) is 1. The second kappa shape index (κ2) is 7.69. The number of carboxylic acid groups (broad SMARTS) is 1. The number of piperidine rings is 1. The van der Waals surface area contributed by atoms with Crippen LogP contribution >= 0.6 is 12.6 Å². The molecule has 3 aliphatic carbocycles. The number of carboxylic acids is 1. The molecule has 3 aliphatic heterocycles. The molecule has 6 rings (SSSR count). The maximum Gasteiger partial charge on any atom is 0.303 e. The van der Waals surface area contributed by atoms with Crippen molar-refractivity contribution in [3.8, 4) is 0 Å². The summed E-state index contributed by atoms with van der Waals surface area (Å²) in [5.74, 6) is -1.31. The van der Waals surface area contributed by atoms with Crippen LogP contribution < -0.4 is 0 Å². The molecule has 3 heterocycles. The zero-order valence-electron chi connectivity index (χ0n) is 22.3. The van der Waals surface area contributed by atoms with Gasteiger partial charge in [-0.3, -0.25) is 19.3 Å². The first-order chi connectivity index (χ1) is 16.8. The summed E-state index contributed by atoms with van der Waals surface area (Å²) in [4.78, 5) is 43.4. The predicted octanol–water partition coefficient (Wildman–Crippen LogP) is 4.73. The number of carbonyl (C=O) groups excluding carboxylic acids is 2. The molecule has 2 saturated carbocycles. The molecule has 6 aliphatic rings. The van der Waals surface area contributed by atoms with Crippen molar-refractivity contribution in [2.45, 2.75) is 97.4 Å². The quantitative estimate of drug-likeness (QED) is 0.518. The molecule has 3 saturated heterocycles. The van der Waals surface area contributed by atoms with E-state index in [4.69, 9.17) is 4.74 Å². The minimum absolute atomic E-state index is 0.0133. The van der Waals surface area contributed by atoms with Gasteiger partial charge in [0.2, 0.25) is 0 Å². The summed E-state index contributed by atoms with van der Waals surface area (Å²) >= 11 is 4.64. The van der Waals surface area contributed by atoms with Gasteiger partial charge in [0, 0.05) is 30.3 Å². The average molecular weight is 516 g/mol. The molecule has 11 unspecified atom stereocenters. The van der Waals surface area contributed by atoms with Gasteiger partial charge in [0.1, 0.15) is 11.5 Å². The van der Waals surface area contributed by atoms with Crippen molar-refractivity contribution in [1.29, 1.82) is 0 Å². The van der Waals surface area contributed by atoms with Crippen LogP contribution in [0.3, 0.4) is 0 Å². The van der Waals surface area contributed by atoms with Gasteiger partial charge in [-0.1, -0.05) is 34.6 Å². The summed E-state index contributed by atoms with van der Waals surface area (Å²) in [6.07, 6.45) is 7.10. The molecule has 6 nitrogen and oxygen atoms in total. The smallest absolute Gasteiger partial charge is 0.303 e. The number of hydrogen-bond donors (Lipinski definition) is 2. The number of fused-ring (bicyclic) bond motifs is 6. The Morgan fingerprint density at radius 1 is 1.19 bits per heavy atom. The van der Waals surface area contributed by atoms with Gasteiger partial charge >= 0.3 is 5.97 Å². The Balaban J connectivity index is 1.53. The fraction of sp³-hybridized carbons (Fsp3) is 0.828. The van der Waals surface area contributed by atoms with Crippen LogP contribution in [-0.2, 0) is 19.1 Å². The first kappa shape index (κ1) is 25.1. The van der Waals surface area contributed by atoms with Crippen molar-refractivity contribution in [3.05, 3.63) is 11.0 Å². The van der Waals surface area contributed by atoms with Crippen LogP contribution in [0.25, 0.3) is 0 Å². The van der Waals surface area contributed by atoms with E-state index in [0.29, 0.717) is 12.3 Å². The minimum atomic E-state index is -0.843. The summed E-state index contributed by atoms with van der Waals surface area (Å²) in [7, 11) is 0. The molecule has 11 atom stereocenters. The molecule has 0 aromatic heterocycles. The SMILES string of the molecule is CC1CC2CN3C4CC5(C)C6CC(S)=CC(=O)C6C(C)C(=O)C5C(C)(CC(=O)O)C4(C)CCC3(C1)O2. The third-order valence-corrected chi connectivity index (χ3v) is 12.5. The fourth-order valence-corrected chi connectivity index (χ4v) is 10.9. The molecule has 1 spiro atoms. The highest BCUT2D eigenvalue weighted by Gasteiger charge is 2.74. The van der Waals surface area contributed by atoms with Gasteiger partial charge in [-0.25, -0.2) is 0 Å². The zero-order chi connectivity index (χ0) is 26.0. The molecule has 1 N–H and O–H groups in total. The van der Waals surface area contributed by atoms with Crippen molar-refractivity contribution >= 4 is 30.2 Å². The van der Waals surface area contributed by atoms with Gasteiger partial charge in [0.25, 0.3) is 0 Å². The molecular weight excluding hydrogens is 474 g/mol. The molecule has 0 aromatic rings. The molecule has 7 heteroatoms. The fourth-order valence-electron chi connectivity index (χ4n) is 10.6. The summed E-state index contributed by atoms with van der Waals surface area (Å²) < 4.78 is 6.72. The normalized spacial score (nSPS) is 54.2. The predicted molar refractivity (Wildman–Crippen MR) is 138 cm³/mol. The van der Waals surface area contributed by atoms with Crippen LogP contribution in [0.2, 0.25) is 0 Å². The van der Waals surface area contributed by atoms with Crippen LogP contribution in [0.15, 0.2) is 11.0 Å². The molecule has 0 amide bonds. The van der Waals surface area contributed by atoms with Gasteiger partial charge < -0.3 is 9.84 Å². The molecule has 0 radical (unpaired) electrons. The number of ketones is 2. The second-order valence-electron chi connectivity index (χ2n) is 14.0. The van der Waals surface area contributed by atoms with E-state index >= 15 is 0 Å². The van der Waals surface area contributed by atoms with E-state index in [0.717, 1.165) is 43.6 Å². The van der Waals surface area contributed by atoms with E-state index in [2.05, 4.69) is 45.2 Å². The van der Waals surface area contributed by atoms with E-state index in [-0.39, 0.29) is 53.1 Å². The Morgan fingerprint density at radius 2 is 1.92 bits per heavy atom. The molecular formula is C29H41NO5S. The van der Waals surface area contributed by atoms with Crippen LogP contribution in [0.5, 0.6) is 0 Å². The summed E-state index contributed by atoms with van der Waals surface area (Å²) in [5, 5.41) is 10.2. The van der Waals surface area contributed by atoms with Gasteiger partial charge in [-0.2, -0.15) is 0 Å². The Labute approximate surface area is 220 Å². The van der Waals surface area contributed by atoms with Gasteiger partial charge in [0.05, 0.1) is 12.5 Å². The first-order valence-corrected chi connectivity index (χ1v) is 14.3. The number of allylic oxidation sites excluding steroid dienone is 2. The van der Waals surface area contributed by atoms with E-state index in [1.165, 1.54) is 0 Å². The highest BCUT2D eigenvalue weighted by atomic mass is 32.1. The number of hydrogen-bond acceptors (Lipinski definition) is 6. The lowest BCUT2D eigenvalue weighted by Crippen LogP contribution is -2.74. The van der Waals surface area contributed by atoms with Crippen molar-refractivity contribution in [2.75, 3.05) is 6.54 Å². The maximum absolute atomic E-state index is 14.3. The lowest BCUT2D eigenvalue weighted by molar-refractivity contribution is -0.263. The largest absolute Gasteiger partial charge is 0.481 e. The highest BCUT2D eigenvalue weighted by molar-refractivity contribution is 7.84. The van der Waals surface area contributed by atoms with Crippen molar-refractivity contribution < 1.29 is 24.2 Å². The number of ether oxygens (including phenoxy) is 1. The van der Waals surface area contributed by atoms with Gasteiger partial charge in [-0.15, -0.1) is 12.6 Å². The van der Waals surface area contributed by atoms with Crippen LogP contribution in [-0.4, -0.2) is 52.0 Å². The Hall–Kier alpha value is -1.18. The Morgan fingerprint density at radius 3 is 2.61 bits per heavy atom. The molecule has 0 aromatic carbocycles. The van der Waals surface area contributed by atoms with Gasteiger partial charge in [0.15, 0.2) is 5.78 Å². The number of nitrogens with zero attached hydrogens (tertiary/aromatic N) is 1. The Bertz CT molecular complexity index is 1070. The maximum atomic E-state index is 14.3. The van der Waals surface area contributed by atoms with Crippen molar-refractivity contribution in [1.82, 2.24) is 4.90 Å². The molecule has 5 fully saturated rings. The number of thiol groups is 1. The highest BCUT2D eigenvalue weighted by Crippen LogP contribution is 2.73. The van der Waals surface area contributed by atoms with Crippen LogP contribution in [0, 0.1) is 45.8 Å². The first-order valence-electron chi connectivity index (χ1n) is 13.9. The van der Waals surface area contributed by atoms with Crippen molar-refractivity contribution in [2.24, 2.45) is 45.8 Å². The third kappa shape index (κ3) is 3.02. The molecule has 36 heavy (non-hydrogen) atoms. The van der Waals surface area contributed by atoms with Crippen LogP contribution in [0.4, 0.5) is 0 Å². The average Bonchev–Trinajstić information content (AvgIpc) is 3.03. The molecule has 198 valence electrons. The minimum Gasteiger partial charge on any atom is -0.481 e. The van der Waals surface area contributed by atoms with Gasteiger partial charge in [-0.05, 0) is 77.6 Å². The molecule has 2 bridgehead atoms. The summed E-state index contributed by atoms with van der Waals surface area (Å²) in [6, 6.07) is 0.110. The zero-order valence-corrected chi connectivity index (χ0v) is 23.1. The second-order valence-corrected chi connectivity index (χ2v) is 14.6. The monoisotopic (exact) mass is 515 g/mol. The lowest BCUT2D eigenvalue weighted by atomic mass is 9.35. The number of aliphatic carboxylic acids is 1. The van der Waals surface area contributed by atoms with Crippen molar-refractivity contribution in [3.63, 3.8) is 0 Å². The standard InChI is InChI=1S/C29H41NO5S/c1-15-8-17-14-30-21-12-26(3)19-9-18(36)10-20(31)23(19)16(2)24(34)25(26)28(5,13-22(32)33)27(21,4)6-7-29(30,11-15)35-17/h10,15-17,19,21,23,25,36H,6-9,11-14H2,1-5H3,(H,32,33). The summed E-state index contributed by atoms with van der Waals surface area (Å²) in [5.41, 5.74) is -1.83. The van der Waals surface area contributed by atoms with E-state index in [1.54, 1.807) is 6.08 Å². The summed E-state index contributed by atoms with van der Waals surface area (Å²) in [6.45, 7) is 11.7. The topological polar surface area (TPSA) is 83.9 Å². The van der Waals surface area contributed by atoms with E-state index in [9.17, 15) is 19.5 Å². The number of carbonyl (C=O) groups is 3. The third-order valence-electron chi connectivity index (χ3n) is 12.2. The van der Waals surface area contributed by atoms with E-state index < -0.39 is 28.6 Å². The number of rotatable bonds is 2. The lowest BCUT2D eigenvalue weighted by Gasteiger charge is -2.72. The Kier molecular flexibility index (Phi) is 5.37. The van der Waals surface area contributed by atoms with E-state index in [1.807, 2.05) is 6.92 Å².